The quantitative estimate of drug-likeness (QED) is 0.471. The van der Waals surface area contributed by atoms with E-state index in [0.717, 1.165) is 12.1 Å². The molecule has 178 valence electrons. The van der Waals surface area contributed by atoms with Gasteiger partial charge in [0.25, 0.3) is 11.6 Å². The maximum atomic E-state index is 13.0. The van der Waals surface area contributed by atoms with Crippen LogP contribution in [0.5, 0.6) is 17.2 Å². The third kappa shape index (κ3) is 4.89. The second kappa shape index (κ2) is 9.43. The van der Waals surface area contributed by atoms with E-state index in [-0.39, 0.29) is 37.8 Å². The Labute approximate surface area is 187 Å². The Kier molecular flexibility index (Phi) is 6.84. The number of amides is 1. The maximum absolute atomic E-state index is 13.0. The number of nitro groups is 1. The first-order valence-corrected chi connectivity index (χ1v) is 9.80. The van der Waals surface area contributed by atoms with E-state index < -0.39 is 22.4 Å². The molecule has 0 saturated carbocycles. The van der Waals surface area contributed by atoms with E-state index in [1.54, 1.807) is 9.80 Å². The maximum Gasteiger partial charge on any atom is 0.416 e. The van der Waals surface area contributed by atoms with E-state index in [0.29, 0.717) is 28.9 Å². The molecule has 0 N–H and O–H groups in total. The molecule has 1 aliphatic rings. The molecule has 0 atom stereocenters. The molecule has 1 amide bonds. The van der Waals surface area contributed by atoms with Gasteiger partial charge in [-0.3, -0.25) is 14.9 Å². The van der Waals surface area contributed by atoms with Crippen molar-refractivity contribution < 1.29 is 37.1 Å². The summed E-state index contributed by atoms with van der Waals surface area (Å²) in [6, 6.07) is 5.49. The molecule has 1 saturated heterocycles. The number of ether oxygens (including phenoxy) is 3. The van der Waals surface area contributed by atoms with Gasteiger partial charge in [0, 0.05) is 37.8 Å². The van der Waals surface area contributed by atoms with E-state index in [1.165, 1.54) is 33.5 Å². The number of alkyl halides is 3. The lowest BCUT2D eigenvalue weighted by molar-refractivity contribution is -0.384. The third-order valence-corrected chi connectivity index (χ3v) is 5.32. The van der Waals surface area contributed by atoms with Gasteiger partial charge in [-0.25, -0.2) is 0 Å². The van der Waals surface area contributed by atoms with Gasteiger partial charge in [0.2, 0.25) is 5.75 Å². The first kappa shape index (κ1) is 24.0. The number of carbonyl (C=O) groups is 1. The van der Waals surface area contributed by atoms with Crippen LogP contribution in [0, 0.1) is 10.1 Å². The van der Waals surface area contributed by atoms with Gasteiger partial charge in [-0.2, -0.15) is 13.2 Å². The van der Waals surface area contributed by atoms with Crippen LogP contribution in [-0.2, 0) is 6.18 Å². The molecule has 0 radical (unpaired) electrons. The van der Waals surface area contributed by atoms with E-state index in [2.05, 4.69) is 0 Å². The Morgan fingerprint density at radius 1 is 0.970 bits per heavy atom. The zero-order valence-electron chi connectivity index (χ0n) is 18.1. The van der Waals surface area contributed by atoms with Crippen LogP contribution >= 0.6 is 0 Å². The van der Waals surface area contributed by atoms with Gasteiger partial charge in [0.15, 0.2) is 11.5 Å². The highest BCUT2D eigenvalue weighted by molar-refractivity contribution is 5.96. The Hall–Kier alpha value is -3.70. The van der Waals surface area contributed by atoms with Gasteiger partial charge >= 0.3 is 6.18 Å². The fraction of sp³-hybridized carbons (Fsp3) is 0.381. The van der Waals surface area contributed by atoms with Crippen LogP contribution < -0.4 is 19.1 Å². The van der Waals surface area contributed by atoms with Gasteiger partial charge in [-0.1, -0.05) is 0 Å². The summed E-state index contributed by atoms with van der Waals surface area (Å²) in [4.78, 5) is 26.7. The number of hydrogen-bond acceptors (Lipinski definition) is 7. The Morgan fingerprint density at radius 2 is 1.55 bits per heavy atom. The molecule has 2 aromatic rings. The summed E-state index contributed by atoms with van der Waals surface area (Å²) in [5.41, 5.74) is -1.34. The number of rotatable bonds is 6. The van der Waals surface area contributed by atoms with Gasteiger partial charge < -0.3 is 24.0 Å². The van der Waals surface area contributed by atoms with Crippen molar-refractivity contribution in [2.75, 3.05) is 52.4 Å². The average Bonchev–Trinajstić information content (AvgIpc) is 2.81. The van der Waals surface area contributed by atoms with E-state index in [1.807, 2.05) is 0 Å². The van der Waals surface area contributed by atoms with E-state index in [4.69, 9.17) is 14.2 Å². The summed E-state index contributed by atoms with van der Waals surface area (Å²) in [6.07, 6.45) is -4.69. The Balaban J connectivity index is 1.79. The number of piperazine rings is 1. The second-order valence-electron chi connectivity index (χ2n) is 7.15. The molecular weight excluding hydrogens is 447 g/mol. The van der Waals surface area contributed by atoms with Crippen LogP contribution in [-0.4, -0.2) is 63.2 Å². The number of benzene rings is 2. The topological polar surface area (TPSA) is 94.4 Å². The highest BCUT2D eigenvalue weighted by atomic mass is 19.4. The minimum atomic E-state index is -4.69. The zero-order valence-corrected chi connectivity index (χ0v) is 18.1. The molecule has 12 heteroatoms. The molecule has 0 bridgehead atoms. The van der Waals surface area contributed by atoms with Crippen molar-refractivity contribution in [3.8, 4) is 17.2 Å². The van der Waals surface area contributed by atoms with Gasteiger partial charge in [0.05, 0.1) is 31.8 Å². The normalized spacial score (nSPS) is 14.1. The van der Waals surface area contributed by atoms with E-state index >= 15 is 0 Å². The fourth-order valence-electron chi connectivity index (χ4n) is 3.65. The first-order valence-electron chi connectivity index (χ1n) is 9.80. The van der Waals surface area contributed by atoms with Crippen molar-refractivity contribution in [1.82, 2.24) is 4.90 Å². The summed E-state index contributed by atoms with van der Waals surface area (Å²) < 4.78 is 54.7. The summed E-state index contributed by atoms with van der Waals surface area (Å²) in [5, 5.41) is 11.4. The summed E-state index contributed by atoms with van der Waals surface area (Å²) >= 11 is 0. The lowest BCUT2D eigenvalue weighted by atomic mass is 10.1. The summed E-state index contributed by atoms with van der Waals surface area (Å²) in [6.45, 7) is 0.853. The molecule has 9 nitrogen and oxygen atoms in total. The molecule has 3 rings (SSSR count). The molecule has 0 aromatic heterocycles. The minimum Gasteiger partial charge on any atom is -0.493 e. The average molecular weight is 469 g/mol. The van der Waals surface area contributed by atoms with E-state index in [9.17, 15) is 28.1 Å². The Morgan fingerprint density at radius 3 is 2.00 bits per heavy atom. The molecule has 2 aromatic carbocycles. The van der Waals surface area contributed by atoms with Gasteiger partial charge in [-0.15, -0.1) is 0 Å². The number of anilines is 1. The fourth-order valence-corrected chi connectivity index (χ4v) is 3.65. The number of methoxy groups -OCH3 is 3. The van der Waals surface area contributed by atoms with Crippen LogP contribution in [0.4, 0.5) is 24.5 Å². The van der Waals surface area contributed by atoms with Crippen LogP contribution in [0.3, 0.4) is 0 Å². The lowest BCUT2D eigenvalue weighted by Gasteiger charge is -2.36. The number of nitro benzene ring substituents is 1. The minimum absolute atomic E-state index is 0.0767. The number of nitrogens with zero attached hydrogens (tertiary/aromatic N) is 3. The zero-order chi connectivity index (χ0) is 24.3. The molecular formula is C21H22F3N3O6. The highest BCUT2D eigenvalue weighted by Gasteiger charge is 2.34. The van der Waals surface area contributed by atoms with Crippen molar-refractivity contribution in [1.29, 1.82) is 0 Å². The molecule has 1 aliphatic heterocycles. The van der Waals surface area contributed by atoms with Crippen molar-refractivity contribution in [3.05, 3.63) is 51.6 Å². The lowest BCUT2D eigenvalue weighted by Crippen LogP contribution is -2.49. The predicted octanol–water partition coefficient (Wildman–Crippen LogP) is 3.60. The van der Waals surface area contributed by atoms with Crippen molar-refractivity contribution in [3.63, 3.8) is 0 Å². The summed E-state index contributed by atoms with van der Waals surface area (Å²) in [7, 11) is 4.31. The van der Waals surface area contributed by atoms with Crippen LogP contribution in [0.1, 0.15) is 15.9 Å². The van der Waals surface area contributed by atoms with Crippen molar-refractivity contribution in [2.24, 2.45) is 0 Å². The molecule has 1 heterocycles. The smallest absolute Gasteiger partial charge is 0.416 e. The van der Waals surface area contributed by atoms with Crippen LogP contribution in [0.2, 0.25) is 0 Å². The first-order chi connectivity index (χ1) is 15.6. The molecule has 33 heavy (non-hydrogen) atoms. The van der Waals surface area contributed by atoms with Crippen LogP contribution in [0.25, 0.3) is 0 Å². The Bertz CT molecular complexity index is 1030. The predicted molar refractivity (Wildman–Crippen MR) is 112 cm³/mol. The SMILES string of the molecule is COc1cc(C(=O)N2CCN(c3ccc(C(F)(F)F)cc3[N+](=O)[O-])CC2)cc(OC)c1OC. The molecule has 1 fully saturated rings. The van der Waals surface area contributed by atoms with Crippen molar-refractivity contribution in [2.45, 2.75) is 6.18 Å². The standard InChI is InChI=1S/C21H22F3N3O6/c1-31-17-10-13(11-18(32-2)19(17)33-3)20(28)26-8-6-25(7-9-26)15-5-4-14(21(22,23)24)12-16(15)27(29)30/h4-5,10-12H,6-9H2,1-3H3. The van der Waals surface area contributed by atoms with Crippen LogP contribution in [0.15, 0.2) is 30.3 Å². The third-order valence-electron chi connectivity index (χ3n) is 5.32. The summed E-state index contributed by atoms with van der Waals surface area (Å²) in [5.74, 6) is 0.672. The van der Waals surface area contributed by atoms with Gasteiger partial charge in [0.1, 0.15) is 5.69 Å². The monoisotopic (exact) mass is 469 g/mol. The molecule has 0 spiro atoms. The highest BCUT2D eigenvalue weighted by Crippen LogP contribution is 2.39. The molecule has 0 aliphatic carbocycles. The molecule has 0 unspecified atom stereocenters. The number of hydrogen-bond donors (Lipinski definition) is 0. The largest absolute Gasteiger partial charge is 0.493 e. The number of halogens is 3. The second-order valence-corrected chi connectivity index (χ2v) is 7.15. The number of carbonyl (C=O) groups excluding carboxylic acids is 1. The van der Waals surface area contributed by atoms with Gasteiger partial charge in [-0.05, 0) is 24.3 Å². The van der Waals surface area contributed by atoms with Crippen molar-refractivity contribution >= 4 is 17.3 Å².